The van der Waals surface area contributed by atoms with Crippen molar-refractivity contribution in [3.05, 3.63) is 35.8 Å². The summed E-state index contributed by atoms with van der Waals surface area (Å²) in [6.07, 6.45) is 8.15. The van der Waals surface area contributed by atoms with Crippen LogP contribution in [0.25, 0.3) is 11.4 Å². The second-order valence-corrected chi connectivity index (χ2v) is 5.69. The zero-order valence-corrected chi connectivity index (χ0v) is 12.2. The van der Waals surface area contributed by atoms with E-state index in [0.29, 0.717) is 18.9 Å². The fraction of sp³-hybridized carbons (Fsp3) is 0.375. The molecule has 2 aromatic rings. The second kappa shape index (κ2) is 5.26. The molecular weight excluding hydrogens is 276 g/mol. The number of hydrogen-bond acceptors (Lipinski definition) is 6. The second-order valence-electron chi connectivity index (χ2n) is 5.69. The van der Waals surface area contributed by atoms with Crippen LogP contribution >= 0.6 is 0 Å². The van der Waals surface area contributed by atoms with Gasteiger partial charge >= 0.3 is 0 Å². The molecule has 4 heterocycles. The minimum atomic E-state index is 0.572. The molecule has 0 unspecified atom stereocenters. The van der Waals surface area contributed by atoms with Gasteiger partial charge in [0.25, 0.3) is 0 Å². The topological polar surface area (TPSA) is 68.9 Å². The van der Waals surface area contributed by atoms with Crippen molar-refractivity contribution in [2.75, 3.05) is 18.0 Å². The Morgan fingerprint density at radius 3 is 2.73 bits per heavy atom. The van der Waals surface area contributed by atoms with Crippen molar-refractivity contribution in [3.8, 4) is 17.6 Å². The highest BCUT2D eigenvalue weighted by Crippen LogP contribution is 2.32. The van der Waals surface area contributed by atoms with Crippen molar-refractivity contribution in [2.24, 2.45) is 0 Å². The summed E-state index contributed by atoms with van der Waals surface area (Å²) in [4.78, 5) is 17.7. The smallest absolute Gasteiger partial charge is 0.180 e. The standard InChI is InChI=1S/C16H16N6/c17-11-21-9-13-14(10-21)19-15(12-4-3-5-18-8-12)20-16(13)22-6-1-2-7-22/h3-5,8H,1-2,6-7,9-10H2. The van der Waals surface area contributed by atoms with Crippen LogP contribution < -0.4 is 4.90 Å². The Morgan fingerprint density at radius 2 is 2.00 bits per heavy atom. The quantitative estimate of drug-likeness (QED) is 0.788. The summed E-state index contributed by atoms with van der Waals surface area (Å²) in [5.41, 5.74) is 2.99. The van der Waals surface area contributed by atoms with Gasteiger partial charge in [-0.3, -0.25) is 4.98 Å². The molecular formula is C16H16N6. The molecule has 0 N–H and O–H groups in total. The fourth-order valence-electron chi connectivity index (χ4n) is 3.12. The van der Waals surface area contributed by atoms with Gasteiger partial charge in [0.2, 0.25) is 0 Å². The van der Waals surface area contributed by atoms with Crippen molar-refractivity contribution in [3.63, 3.8) is 0 Å². The number of anilines is 1. The Balaban J connectivity index is 1.83. The van der Waals surface area contributed by atoms with Crippen LogP contribution in [0.3, 0.4) is 0 Å². The largest absolute Gasteiger partial charge is 0.356 e. The molecule has 1 saturated heterocycles. The van der Waals surface area contributed by atoms with Gasteiger partial charge in [-0.2, -0.15) is 5.26 Å². The molecule has 2 aromatic heterocycles. The molecule has 6 heteroatoms. The van der Waals surface area contributed by atoms with Gasteiger partial charge in [0, 0.05) is 36.6 Å². The Morgan fingerprint density at radius 1 is 1.14 bits per heavy atom. The predicted molar refractivity (Wildman–Crippen MR) is 81.6 cm³/mol. The molecule has 0 saturated carbocycles. The third kappa shape index (κ3) is 2.15. The van der Waals surface area contributed by atoms with Gasteiger partial charge in [0.1, 0.15) is 5.82 Å². The number of rotatable bonds is 2. The monoisotopic (exact) mass is 292 g/mol. The first-order valence-corrected chi connectivity index (χ1v) is 7.55. The first-order valence-electron chi connectivity index (χ1n) is 7.55. The predicted octanol–water partition coefficient (Wildman–Crippen LogP) is 1.94. The minimum Gasteiger partial charge on any atom is -0.356 e. The third-order valence-electron chi connectivity index (χ3n) is 4.23. The molecule has 0 aliphatic carbocycles. The van der Waals surface area contributed by atoms with Gasteiger partial charge in [-0.05, 0) is 25.0 Å². The van der Waals surface area contributed by atoms with Crippen molar-refractivity contribution >= 4 is 5.82 Å². The van der Waals surface area contributed by atoms with E-state index in [-0.39, 0.29) is 0 Å². The Kier molecular flexibility index (Phi) is 3.11. The van der Waals surface area contributed by atoms with Crippen LogP contribution in [-0.2, 0) is 13.1 Å². The zero-order chi connectivity index (χ0) is 14.9. The van der Waals surface area contributed by atoms with Crippen LogP contribution in [0.2, 0.25) is 0 Å². The SMILES string of the molecule is N#CN1Cc2nc(-c3cccnc3)nc(N3CCCC3)c2C1. The van der Waals surface area contributed by atoms with Crippen molar-refractivity contribution in [2.45, 2.75) is 25.9 Å². The number of fused-ring (bicyclic) bond motifs is 1. The van der Waals surface area contributed by atoms with Gasteiger partial charge in [-0.25, -0.2) is 9.97 Å². The van der Waals surface area contributed by atoms with E-state index in [9.17, 15) is 5.26 Å². The van der Waals surface area contributed by atoms with Crippen LogP contribution in [-0.4, -0.2) is 32.9 Å². The minimum absolute atomic E-state index is 0.572. The third-order valence-corrected chi connectivity index (χ3v) is 4.23. The Bertz CT molecular complexity index is 730. The number of aromatic nitrogens is 3. The lowest BCUT2D eigenvalue weighted by Crippen LogP contribution is -2.21. The molecule has 110 valence electrons. The van der Waals surface area contributed by atoms with Crippen LogP contribution in [0.5, 0.6) is 0 Å². The Labute approximate surface area is 129 Å². The van der Waals surface area contributed by atoms with E-state index in [2.05, 4.69) is 21.1 Å². The lowest BCUT2D eigenvalue weighted by molar-refractivity contribution is 0.415. The zero-order valence-electron chi connectivity index (χ0n) is 12.2. The van der Waals surface area contributed by atoms with E-state index in [1.54, 1.807) is 17.3 Å². The summed E-state index contributed by atoms with van der Waals surface area (Å²) in [6, 6.07) is 3.86. The first-order chi connectivity index (χ1) is 10.8. The van der Waals surface area contributed by atoms with E-state index in [0.717, 1.165) is 35.7 Å². The lowest BCUT2D eigenvalue weighted by Gasteiger charge is -2.20. The number of pyridine rings is 1. The van der Waals surface area contributed by atoms with Gasteiger partial charge in [-0.1, -0.05) is 0 Å². The molecule has 0 bridgehead atoms. The van der Waals surface area contributed by atoms with Crippen LogP contribution in [0, 0.1) is 11.5 Å². The number of nitriles is 1. The summed E-state index contributed by atoms with van der Waals surface area (Å²) >= 11 is 0. The maximum absolute atomic E-state index is 9.18. The van der Waals surface area contributed by atoms with Crippen LogP contribution in [0.4, 0.5) is 5.82 Å². The molecule has 22 heavy (non-hydrogen) atoms. The first kappa shape index (κ1) is 13.0. The normalized spacial score (nSPS) is 16.7. The van der Waals surface area contributed by atoms with Gasteiger partial charge in [0.15, 0.2) is 12.0 Å². The van der Waals surface area contributed by atoms with E-state index in [1.165, 1.54) is 12.8 Å². The van der Waals surface area contributed by atoms with Crippen LogP contribution in [0.1, 0.15) is 24.1 Å². The molecule has 1 fully saturated rings. The Hall–Kier alpha value is -2.68. The highest BCUT2D eigenvalue weighted by atomic mass is 15.2. The molecule has 4 rings (SSSR count). The van der Waals surface area contributed by atoms with Crippen LogP contribution in [0.15, 0.2) is 24.5 Å². The molecule has 2 aliphatic rings. The van der Waals surface area contributed by atoms with E-state index < -0.39 is 0 Å². The number of hydrogen-bond donors (Lipinski definition) is 0. The van der Waals surface area contributed by atoms with Gasteiger partial charge in [0.05, 0.1) is 18.8 Å². The maximum atomic E-state index is 9.18. The van der Waals surface area contributed by atoms with E-state index >= 15 is 0 Å². The number of nitrogens with zero attached hydrogens (tertiary/aromatic N) is 6. The summed E-state index contributed by atoms with van der Waals surface area (Å²) in [7, 11) is 0. The molecule has 0 aromatic carbocycles. The molecule has 0 spiro atoms. The summed E-state index contributed by atoms with van der Waals surface area (Å²) < 4.78 is 0. The summed E-state index contributed by atoms with van der Waals surface area (Å²) in [5, 5.41) is 9.18. The maximum Gasteiger partial charge on any atom is 0.180 e. The fourth-order valence-corrected chi connectivity index (χ4v) is 3.12. The average molecular weight is 292 g/mol. The highest BCUT2D eigenvalue weighted by Gasteiger charge is 2.28. The van der Waals surface area contributed by atoms with E-state index in [1.807, 2.05) is 12.1 Å². The van der Waals surface area contributed by atoms with Gasteiger partial charge in [-0.15, -0.1) is 0 Å². The summed E-state index contributed by atoms with van der Waals surface area (Å²) in [5.74, 6) is 1.70. The molecule has 2 aliphatic heterocycles. The average Bonchev–Trinajstić information content (AvgIpc) is 3.23. The van der Waals surface area contributed by atoms with E-state index in [4.69, 9.17) is 4.98 Å². The molecule has 6 nitrogen and oxygen atoms in total. The molecule has 0 atom stereocenters. The lowest BCUT2D eigenvalue weighted by atomic mass is 10.2. The van der Waals surface area contributed by atoms with Crippen molar-refractivity contribution in [1.29, 1.82) is 5.26 Å². The molecule has 0 radical (unpaired) electrons. The summed E-state index contributed by atoms with van der Waals surface area (Å²) in [6.45, 7) is 3.25. The van der Waals surface area contributed by atoms with Crippen molar-refractivity contribution < 1.29 is 0 Å². The van der Waals surface area contributed by atoms with Gasteiger partial charge < -0.3 is 9.80 Å². The molecule has 0 amide bonds. The van der Waals surface area contributed by atoms with Crippen molar-refractivity contribution in [1.82, 2.24) is 19.9 Å². The highest BCUT2D eigenvalue weighted by molar-refractivity contribution is 5.61.